The van der Waals surface area contributed by atoms with Crippen molar-refractivity contribution in [3.05, 3.63) is 35.4 Å². The maximum Gasteiger partial charge on any atom is 0.0715 e. The molecule has 2 heteroatoms. The Morgan fingerprint density at radius 2 is 1.82 bits per heavy atom. The van der Waals surface area contributed by atoms with Gasteiger partial charge in [-0.25, -0.2) is 0 Å². The molecule has 1 saturated carbocycles. The molecule has 0 unspecified atom stereocenters. The highest BCUT2D eigenvalue weighted by atomic mass is 16.4. The first-order valence-corrected chi connectivity index (χ1v) is 8.97. The van der Waals surface area contributed by atoms with Gasteiger partial charge in [0.2, 0.25) is 0 Å². The molecule has 0 aromatic heterocycles. The molecule has 0 N–H and O–H groups in total. The highest BCUT2D eigenvalue weighted by molar-refractivity contribution is 5.85. The molecular formula is C20H29O2-. The molecule has 3 atom stereocenters. The van der Waals surface area contributed by atoms with Gasteiger partial charge in [-0.3, -0.25) is 0 Å². The van der Waals surface area contributed by atoms with Crippen molar-refractivity contribution in [2.24, 2.45) is 11.8 Å². The molecule has 1 aliphatic rings. The summed E-state index contributed by atoms with van der Waals surface area (Å²) in [5.41, 5.74) is 1.58. The minimum absolute atomic E-state index is 0.282. The number of rotatable bonds is 7. The van der Waals surface area contributed by atoms with Crippen LogP contribution < -0.4 is 5.11 Å². The first-order chi connectivity index (χ1) is 10.7. The summed E-state index contributed by atoms with van der Waals surface area (Å²) in [6.07, 6.45) is 10.5. The van der Waals surface area contributed by atoms with Crippen LogP contribution in [0.25, 0.3) is 0 Å². The van der Waals surface area contributed by atoms with Crippen molar-refractivity contribution in [2.75, 3.05) is 0 Å². The summed E-state index contributed by atoms with van der Waals surface area (Å²) in [6.45, 7) is 4.59. The largest absolute Gasteiger partial charge is 0.545 e. The zero-order valence-corrected chi connectivity index (χ0v) is 14.0. The number of carbonyl (C=O) groups excluding carboxylic acids is 1. The normalized spacial score (nSPS) is 25.1. The second-order valence-corrected chi connectivity index (χ2v) is 6.84. The zero-order valence-electron chi connectivity index (χ0n) is 14.0. The van der Waals surface area contributed by atoms with E-state index >= 15 is 0 Å². The van der Waals surface area contributed by atoms with E-state index < -0.39 is 5.97 Å². The van der Waals surface area contributed by atoms with Crippen LogP contribution in [0, 0.1) is 11.8 Å². The van der Waals surface area contributed by atoms with Gasteiger partial charge in [0.15, 0.2) is 0 Å². The van der Waals surface area contributed by atoms with Gasteiger partial charge in [-0.05, 0) is 48.1 Å². The topological polar surface area (TPSA) is 40.1 Å². The lowest BCUT2D eigenvalue weighted by molar-refractivity contribution is -0.255. The van der Waals surface area contributed by atoms with E-state index in [-0.39, 0.29) is 5.56 Å². The van der Waals surface area contributed by atoms with Crippen molar-refractivity contribution < 1.29 is 9.90 Å². The van der Waals surface area contributed by atoms with E-state index in [0.29, 0.717) is 5.92 Å². The highest BCUT2D eigenvalue weighted by Crippen LogP contribution is 2.42. The van der Waals surface area contributed by atoms with Crippen molar-refractivity contribution in [3.8, 4) is 0 Å². The smallest absolute Gasteiger partial charge is 0.0715 e. The fraction of sp³-hybridized carbons (Fsp3) is 0.650. The third kappa shape index (κ3) is 4.34. The van der Waals surface area contributed by atoms with E-state index in [1.54, 1.807) is 12.1 Å². The Kier molecular flexibility index (Phi) is 6.48. The van der Waals surface area contributed by atoms with Crippen LogP contribution in [0.1, 0.15) is 87.1 Å². The van der Waals surface area contributed by atoms with Crippen LogP contribution in [-0.2, 0) is 0 Å². The van der Waals surface area contributed by atoms with E-state index in [9.17, 15) is 9.90 Å². The van der Waals surface area contributed by atoms with Crippen LogP contribution in [0.2, 0.25) is 0 Å². The Morgan fingerprint density at radius 3 is 2.41 bits per heavy atom. The van der Waals surface area contributed by atoms with Crippen LogP contribution in [0.4, 0.5) is 0 Å². The maximum atomic E-state index is 10.8. The molecule has 0 radical (unpaired) electrons. The Morgan fingerprint density at radius 1 is 1.09 bits per heavy atom. The maximum absolute atomic E-state index is 10.8. The molecule has 2 nitrogen and oxygen atoms in total. The van der Waals surface area contributed by atoms with Gasteiger partial charge >= 0.3 is 0 Å². The monoisotopic (exact) mass is 301 g/mol. The SMILES string of the molecule is CCCCC[C@H]1CC[C@@H](c2ccc(C(=O)[O-])cc2)C[C@@H]1CC. The van der Waals surface area contributed by atoms with Gasteiger partial charge in [0.25, 0.3) is 0 Å². The van der Waals surface area contributed by atoms with Crippen molar-refractivity contribution in [1.29, 1.82) is 0 Å². The van der Waals surface area contributed by atoms with Crippen molar-refractivity contribution in [3.63, 3.8) is 0 Å². The van der Waals surface area contributed by atoms with Crippen LogP contribution in [0.5, 0.6) is 0 Å². The first-order valence-electron chi connectivity index (χ1n) is 8.97. The van der Waals surface area contributed by atoms with E-state index in [1.165, 1.54) is 56.9 Å². The Bertz CT molecular complexity index is 463. The highest BCUT2D eigenvalue weighted by Gasteiger charge is 2.29. The molecule has 22 heavy (non-hydrogen) atoms. The van der Waals surface area contributed by atoms with Gasteiger partial charge in [0.1, 0.15) is 0 Å². The number of hydrogen-bond donors (Lipinski definition) is 0. The van der Waals surface area contributed by atoms with E-state index in [4.69, 9.17) is 0 Å². The molecule has 1 fully saturated rings. The molecule has 0 spiro atoms. The summed E-state index contributed by atoms with van der Waals surface area (Å²) in [5, 5.41) is 10.8. The lowest BCUT2D eigenvalue weighted by Crippen LogP contribution is -2.24. The number of aromatic carboxylic acids is 1. The number of carbonyl (C=O) groups is 1. The molecule has 1 aromatic rings. The minimum atomic E-state index is -1.09. The number of benzene rings is 1. The fourth-order valence-electron chi connectivity index (χ4n) is 4.06. The van der Waals surface area contributed by atoms with E-state index in [1.807, 2.05) is 12.1 Å². The van der Waals surface area contributed by atoms with Crippen molar-refractivity contribution in [2.45, 2.75) is 71.1 Å². The van der Waals surface area contributed by atoms with Gasteiger partial charge in [0.05, 0.1) is 5.97 Å². The predicted molar refractivity (Wildman–Crippen MR) is 88.8 cm³/mol. The third-order valence-corrected chi connectivity index (χ3v) is 5.46. The summed E-state index contributed by atoms with van der Waals surface area (Å²) >= 11 is 0. The van der Waals surface area contributed by atoms with Gasteiger partial charge in [0, 0.05) is 0 Å². The molecule has 0 heterocycles. The second kappa shape index (κ2) is 8.36. The zero-order chi connectivity index (χ0) is 15.9. The lowest BCUT2D eigenvalue weighted by atomic mass is 9.69. The average Bonchev–Trinajstić information content (AvgIpc) is 2.55. The molecule has 0 amide bonds. The standard InChI is InChI=1S/C20H30O2/c1-3-5-6-7-16-10-13-19(14-15(16)4-2)17-8-11-18(12-9-17)20(21)22/h8-9,11-12,15-16,19H,3-7,10,13-14H2,1-2H3,(H,21,22)/p-1/t15-,16-,19+/m0/s1. The number of carboxylic acid groups (broad SMARTS) is 1. The molecule has 0 saturated heterocycles. The summed E-state index contributed by atoms with van der Waals surface area (Å²) in [6, 6.07) is 7.36. The summed E-state index contributed by atoms with van der Waals surface area (Å²) in [4.78, 5) is 10.8. The van der Waals surface area contributed by atoms with Crippen LogP contribution in [0.3, 0.4) is 0 Å². The molecule has 0 bridgehead atoms. The van der Waals surface area contributed by atoms with Crippen LogP contribution in [-0.4, -0.2) is 5.97 Å². The van der Waals surface area contributed by atoms with Gasteiger partial charge in [-0.15, -0.1) is 0 Å². The van der Waals surface area contributed by atoms with Crippen LogP contribution >= 0.6 is 0 Å². The molecule has 0 aliphatic heterocycles. The number of carboxylic acids is 1. The Balaban J connectivity index is 1.96. The molecule has 1 aromatic carbocycles. The van der Waals surface area contributed by atoms with E-state index in [2.05, 4.69) is 13.8 Å². The number of hydrogen-bond acceptors (Lipinski definition) is 2. The Hall–Kier alpha value is -1.31. The summed E-state index contributed by atoms with van der Waals surface area (Å²) < 4.78 is 0. The van der Waals surface area contributed by atoms with Gasteiger partial charge in [-0.2, -0.15) is 0 Å². The van der Waals surface area contributed by atoms with Gasteiger partial charge in [-0.1, -0.05) is 70.2 Å². The van der Waals surface area contributed by atoms with Crippen molar-refractivity contribution in [1.82, 2.24) is 0 Å². The molecule has 1 aliphatic carbocycles. The van der Waals surface area contributed by atoms with Crippen molar-refractivity contribution >= 4 is 5.97 Å². The van der Waals surface area contributed by atoms with Gasteiger partial charge < -0.3 is 9.90 Å². The lowest BCUT2D eigenvalue weighted by Gasteiger charge is -2.36. The number of unbranched alkanes of at least 4 members (excludes halogenated alkanes) is 2. The van der Waals surface area contributed by atoms with E-state index in [0.717, 1.165) is 11.8 Å². The molecule has 122 valence electrons. The fourth-order valence-corrected chi connectivity index (χ4v) is 4.06. The predicted octanol–water partition coefficient (Wildman–Crippen LogP) is 4.54. The second-order valence-electron chi connectivity index (χ2n) is 6.84. The first kappa shape index (κ1) is 17.1. The molecular weight excluding hydrogens is 272 g/mol. The average molecular weight is 301 g/mol. The molecule has 2 rings (SSSR count). The quantitative estimate of drug-likeness (QED) is 0.694. The Labute approximate surface area is 134 Å². The third-order valence-electron chi connectivity index (χ3n) is 5.46. The summed E-state index contributed by atoms with van der Waals surface area (Å²) in [5.74, 6) is 1.24. The summed E-state index contributed by atoms with van der Waals surface area (Å²) in [7, 11) is 0. The van der Waals surface area contributed by atoms with Crippen LogP contribution in [0.15, 0.2) is 24.3 Å². The minimum Gasteiger partial charge on any atom is -0.545 e.